The zero-order valence-electron chi connectivity index (χ0n) is 15.2. The molecule has 0 saturated heterocycles. The van der Waals surface area contributed by atoms with Crippen LogP contribution in [0.15, 0.2) is 47.4 Å². The lowest BCUT2D eigenvalue weighted by molar-refractivity contribution is -0.139. The van der Waals surface area contributed by atoms with Crippen molar-refractivity contribution in [3.63, 3.8) is 0 Å². The van der Waals surface area contributed by atoms with Crippen LogP contribution in [-0.2, 0) is 4.79 Å². The van der Waals surface area contributed by atoms with E-state index in [0.29, 0.717) is 5.75 Å². The summed E-state index contributed by atoms with van der Waals surface area (Å²) in [6.45, 7) is 4.45. The molecule has 1 fully saturated rings. The van der Waals surface area contributed by atoms with E-state index < -0.39 is 5.97 Å². The van der Waals surface area contributed by atoms with Crippen molar-refractivity contribution in [1.82, 2.24) is 0 Å². The van der Waals surface area contributed by atoms with E-state index in [4.69, 9.17) is 14.6 Å². The van der Waals surface area contributed by atoms with Crippen molar-refractivity contribution < 1.29 is 19.4 Å². The van der Waals surface area contributed by atoms with E-state index in [1.807, 2.05) is 43.0 Å². The molecule has 3 rings (SSSR count). The van der Waals surface area contributed by atoms with E-state index in [0.717, 1.165) is 23.7 Å². The second-order valence-corrected chi connectivity index (χ2v) is 8.05. The lowest BCUT2D eigenvalue weighted by Crippen LogP contribution is -2.15. The molecular weight excluding hydrogens is 348 g/mol. The minimum Gasteiger partial charge on any atom is -0.493 e. The first-order valence-corrected chi connectivity index (χ1v) is 9.72. The number of rotatable bonds is 9. The van der Waals surface area contributed by atoms with Gasteiger partial charge in [-0.05, 0) is 62.6 Å². The molecule has 5 heteroatoms. The average molecular weight is 372 g/mol. The van der Waals surface area contributed by atoms with Gasteiger partial charge in [-0.15, -0.1) is 11.8 Å². The van der Waals surface area contributed by atoms with Crippen LogP contribution in [0.2, 0.25) is 0 Å². The lowest BCUT2D eigenvalue weighted by Gasteiger charge is -2.16. The summed E-state index contributed by atoms with van der Waals surface area (Å²) in [5, 5.41) is 8.71. The van der Waals surface area contributed by atoms with E-state index in [2.05, 4.69) is 25.1 Å². The molecule has 1 aliphatic carbocycles. The molecule has 0 atom stereocenters. The fourth-order valence-corrected chi connectivity index (χ4v) is 3.90. The van der Waals surface area contributed by atoms with Gasteiger partial charge in [-0.25, -0.2) is 4.79 Å². The molecule has 1 aliphatic rings. The number of ether oxygens (including phenoxy) is 2. The first-order chi connectivity index (χ1) is 12.5. The lowest BCUT2D eigenvalue weighted by atomic mass is 10.1. The number of carboxylic acid groups (broad SMARTS) is 1. The highest BCUT2D eigenvalue weighted by Crippen LogP contribution is 2.49. The molecule has 0 heterocycles. The van der Waals surface area contributed by atoms with Crippen molar-refractivity contribution in [1.29, 1.82) is 0 Å². The fraction of sp³-hybridized carbons (Fsp3) is 0.381. The van der Waals surface area contributed by atoms with E-state index in [1.54, 1.807) is 0 Å². The highest BCUT2D eigenvalue weighted by Gasteiger charge is 2.43. The second kappa shape index (κ2) is 8.04. The van der Waals surface area contributed by atoms with Gasteiger partial charge in [0.25, 0.3) is 0 Å². The van der Waals surface area contributed by atoms with Crippen molar-refractivity contribution in [2.45, 2.75) is 31.6 Å². The van der Waals surface area contributed by atoms with Gasteiger partial charge >= 0.3 is 5.97 Å². The Kier molecular flexibility index (Phi) is 5.77. The summed E-state index contributed by atoms with van der Waals surface area (Å²) in [5.41, 5.74) is 2.46. The molecule has 1 N–H and O–H groups in total. The van der Waals surface area contributed by atoms with Crippen LogP contribution < -0.4 is 9.47 Å². The molecular formula is C21H24O4S. The van der Waals surface area contributed by atoms with Gasteiger partial charge in [0.15, 0.2) is 6.61 Å². The molecule has 138 valence electrons. The first kappa shape index (κ1) is 18.6. The molecule has 0 spiro atoms. The maximum absolute atomic E-state index is 10.6. The van der Waals surface area contributed by atoms with Crippen LogP contribution in [-0.4, -0.2) is 30.0 Å². The summed E-state index contributed by atoms with van der Waals surface area (Å²) in [4.78, 5) is 11.8. The van der Waals surface area contributed by atoms with Gasteiger partial charge in [-0.1, -0.05) is 17.7 Å². The Morgan fingerprint density at radius 3 is 2.46 bits per heavy atom. The monoisotopic (exact) mass is 372 g/mol. The van der Waals surface area contributed by atoms with Gasteiger partial charge in [-0.3, -0.25) is 0 Å². The largest absolute Gasteiger partial charge is 0.493 e. The molecule has 2 aromatic rings. The van der Waals surface area contributed by atoms with Crippen LogP contribution in [0.1, 0.15) is 24.0 Å². The van der Waals surface area contributed by atoms with E-state index >= 15 is 0 Å². The molecule has 0 aromatic heterocycles. The van der Waals surface area contributed by atoms with Crippen molar-refractivity contribution >= 4 is 17.7 Å². The number of carboxylic acids is 1. The molecule has 0 aliphatic heterocycles. The highest BCUT2D eigenvalue weighted by molar-refractivity contribution is 7.99. The summed E-state index contributed by atoms with van der Waals surface area (Å²) in [7, 11) is 0. The topological polar surface area (TPSA) is 55.8 Å². The molecule has 1 saturated carbocycles. The number of thioether (sulfide) groups is 1. The first-order valence-electron chi connectivity index (χ1n) is 8.73. The molecule has 4 nitrogen and oxygen atoms in total. The maximum Gasteiger partial charge on any atom is 0.341 e. The van der Waals surface area contributed by atoms with Gasteiger partial charge in [0.05, 0.1) is 6.61 Å². The summed E-state index contributed by atoms with van der Waals surface area (Å²) in [6.07, 6.45) is 2.40. The summed E-state index contributed by atoms with van der Waals surface area (Å²) >= 11 is 1.82. The standard InChI is InChI=1S/C21H24O4S/c1-15-3-5-17(6-4-15)25-13-21(9-10-21)14-26-18-7-8-19(16(2)11-18)24-12-20(22)23/h3-8,11H,9-10,12-14H2,1-2H3,(H,22,23). The van der Waals surface area contributed by atoms with E-state index in [-0.39, 0.29) is 12.0 Å². The summed E-state index contributed by atoms with van der Waals surface area (Å²) < 4.78 is 11.3. The third kappa shape index (κ3) is 5.18. The third-order valence-electron chi connectivity index (χ3n) is 4.57. The van der Waals surface area contributed by atoms with Crippen LogP contribution in [0.3, 0.4) is 0 Å². The molecule has 0 amide bonds. The Bertz CT molecular complexity index is 766. The molecule has 26 heavy (non-hydrogen) atoms. The van der Waals surface area contributed by atoms with Gasteiger partial charge < -0.3 is 14.6 Å². The zero-order valence-corrected chi connectivity index (χ0v) is 16.0. The van der Waals surface area contributed by atoms with Crippen LogP contribution in [0, 0.1) is 19.3 Å². The smallest absolute Gasteiger partial charge is 0.341 e. The zero-order chi connectivity index (χ0) is 18.6. The van der Waals surface area contributed by atoms with Crippen molar-refractivity contribution in [3.05, 3.63) is 53.6 Å². The molecule has 0 radical (unpaired) electrons. The fourth-order valence-electron chi connectivity index (χ4n) is 2.63. The van der Waals surface area contributed by atoms with Crippen LogP contribution >= 0.6 is 11.8 Å². The normalized spacial score (nSPS) is 14.7. The number of hydrogen-bond donors (Lipinski definition) is 1. The van der Waals surface area contributed by atoms with E-state index in [1.165, 1.54) is 23.3 Å². The van der Waals surface area contributed by atoms with Crippen molar-refractivity contribution in [3.8, 4) is 11.5 Å². The molecule has 2 aromatic carbocycles. The van der Waals surface area contributed by atoms with Gasteiger partial charge in [0.2, 0.25) is 0 Å². The van der Waals surface area contributed by atoms with Gasteiger partial charge in [0.1, 0.15) is 11.5 Å². The van der Waals surface area contributed by atoms with Crippen molar-refractivity contribution in [2.24, 2.45) is 5.41 Å². The van der Waals surface area contributed by atoms with Crippen LogP contribution in [0.25, 0.3) is 0 Å². The van der Waals surface area contributed by atoms with Crippen molar-refractivity contribution in [2.75, 3.05) is 19.0 Å². The number of aryl methyl sites for hydroxylation is 2. The van der Waals surface area contributed by atoms with E-state index in [9.17, 15) is 4.79 Å². The average Bonchev–Trinajstić information content (AvgIpc) is 3.39. The van der Waals surface area contributed by atoms with Gasteiger partial charge in [-0.2, -0.15) is 0 Å². The minimum atomic E-state index is -0.966. The number of aliphatic carboxylic acids is 1. The highest BCUT2D eigenvalue weighted by atomic mass is 32.2. The third-order valence-corrected chi connectivity index (χ3v) is 5.91. The molecule has 0 bridgehead atoms. The Morgan fingerprint density at radius 1 is 1.12 bits per heavy atom. The molecule has 0 unspecified atom stereocenters. The second-order valence-electron chi connectivity index (χ2n) is 7.00. The Balaban J connectivity index is 1.50. The number of carbonyl (C=O) groups is 1. The SMILES string of the molecule is Cc1ccc(OCC2(CSc3ccc(OCC(=O)O)c(C)c3)CC2)cc1. The predicted octanol–water partition coefficient (Wildman–Crippen LogP) is 4.72. The quantitative estimate of drug-likeness (QED) is 0.646. The van der Waals surface area contributed by atoms with Crippen LogP contribution in [0.5, 0.6) is 11.5 Å². The minimum absolute atomic E-state index is 0.266. The number of hydrogen-bond acceptors (Lipinski definition) is 4. The summed E-state index contributed by atoms with van der Waals surface area (Å²) in [5.74, 6) is 1.61. The summed E-state index contributed by atoms with van der Waals surface area (Å²) in [6, 6.07) is 14.1. The van der Waals surface area contributed by atoms with Gasteiger partial charge in [0, 0.05) is 16.1 Å². The Labute approximate surface area is 158 Å². The van der Waals surface area contributed by atoms with Crippen LogP contribution in [0.4, 0.5) is 0 Å². The Hall–Kier alpha value is -2.14. The predicted molar refractivity (Wildman–Crippen MR) is 103 cm³/mol. The number of benzene rings is 2. The Morgan fingerprint density at radius 2 is 1.85 bits per heavy atom. The maximum atomic E-state index is 10.6.